The van der Waals surface area contributed by atoms with Crippen molar-refractivity contribution in [2.75, 3.05) is 13.2 Å². The lowest BCUT2D eigenvalue weighted by atomic mass is 10.1. The van der Waals surface area contributed by atoms with Gasteiger partial charge in [0.1, 0.15) is 0 Å². The van der Waals surface area contributed by atoms with Crippen LogP contribution < -0.4 is 10.9 Å². The SMILES string of the molecule is NC(=O)/C(=[NH+]/OCc1ccccn1)c1ccc(S(=O)(=O)[C@H]2CCOC2)cc1. The first-order valence-corrected chi connectivity index (χ1v) is 9.89. The topological polar surface area (TPSA) is 123 Å². The number of nitrogens with two attached hydrogens (primary N) is 1. The van der Waals surface area contributed by atoms with E-state index in [-0.39, 0.29) is 23.8 Å². The number of carbonyl (C=O) groups excluding carboxylic acids is 1. The van der Waals surface area contributed by atoms with E-state index in [9.17, 15) is 13.2 Å². The third-order valence-electron chi connectivity index (χ3n) is 4.17. The number of pyridine rings is 1. The molecule has 1 saturated heterocycles. The summed E-state index contributed by atoms with van der Waals surface area (Å²) in [4.78, 5) is 21.3. The van der Waals surface area contributed by atoms with Crippen LogP contribution in [0.5, 0.6) is 0 Å². The Kier molecular flexibility index (Phi) is 5.82. The van der Waals surface area contributed by atoms with E-state index >= 15 is 0 Å². The zero-order valence-electron chi connectivity index (χ0n) is 14.5. The Morgan fingerprint density at radius 3 is 2.63 bits per heavy atom. The lowest BCUT2D eigenvalue weighted by molar-refractivity contribution is -0.757. The Balaban J connectivity index is 1.76. The van der Waals surface area contributed by atoms with Gasteiger partial charge in [0, 0.05) is 12.8 Å². The summed E-state index contributed by atoms with van der Waals surface area (Å²) in [7, 11) is -3.46. The van der Waals surface area contributed by atoms with Crippen molar-refractivity contribution in [3.05, 3.63) is 59.9 Å². The van der Waals surface area contributed by atoms with Gasteiger partial charge in [-0.3, -0.25) is 14.6 Å². The zero-order chi connectivity index (χ0) is 19.3. The summed E-state index contributed by atoms with van der Waals surface area (Å²) in [6.07, 6.45) is 2.11. The predicted molar refractivity (Wildman–Crippen MR) is 96.1 cm³/mol. The molecule has 142 valence electrons. The quantitative estimate of drug-likeness (QED) is 0.468. The normalized spacial score (nSPS) is 17.6. The Labute approximate surface area is 156 Å². The van der Waals surface area contributed by atoms with Gasteiger partial charge >= 0.3 is 11.6 Å². The van der Waals surface area contributed by atoms with E-state index in [1.54, 1.807) is 18.3 Å². The van der Waals surface area contributed by atoms with E-state index in [0.29, 0.717) is 24.3 Å². The first-order valence-electron chi connectivity index (χ1n) is 8.35. The van der Waals surface area contributed by atoms with Gasteiger partial charge in [0.25, 0.3) is 0 Å². The summed E-state index contributed by atoms with van der Waals surface area (Å²) in [6.45, 7) is 0.774. The number of nitrogens with one attached hydrogen (secondary N) is 1. The van der Waals surface area contributed by atoms with Crippen LogP contribution in [0, 0.1) is 0 Å². The van der Waals surface area contributed by atoms with Crippen molar-refractivity contribution in [2.45, 2.75) is 23.2 Å². The molecule has 0 bridgehead atoms. The van der Waals surface area contributed by atoms with Crippen molar-refractivity contribution in [2.24, 2.45) is 5.73 Å². The largest absolute Gasteiger partial charge is 0.380 e. The maximum Gasteiger partial charge on any atom is 0.319 e. The van der Waals surface area contributed by atoms with E-state index in [0.717, 1.165) is 0 Å². The Morgan fingerprint density at radius 1 is 1.26 bits per heavy atom. The molecule has 1 aliphatic rings. The molecule has 9 heteroatoms. The number of benzene rings is 1. The summed E-state index contributed by atoms with van der Waals surface area (Å²) in [5.74, 6) is -0.726. The van der Waals surface area contributed by atoms with Crippen molar-refractivity contribution in [1.29, 1.82) is 0 Å². The van der Waals surface area contributed by atoms with Crippen LogP contribution in [-0.2, 0) is 30.8 Å². The second kappa shape index (κ2) is 8.28. The number of carbonyl (C=O) groups is 1. The Morgan fingerprint density at radius 2 is 2.04 bits per heavy atom. The Bertz CT molecular complexity index is 921. The van der Waals surface area contributed by atoms with Crippen LogP contribution in [0.1, 0.15) is 17.7 Å². The molecule has 1 aromatic heterocycles. The molecule has 3 rings (SSSR count). The van der Waals surface area contributed by atoms with Gasteiger partial charge in [-0.2, -0.15) is 0 Å². The number of aromatic nitrogens is 1. The number of primary amides is 1. The first-order chi connectivity index (χ1) is 13.0. The standard InChI is InChI=1S/C18H19N3O5S/c19-18(22)17(21-26-11-14-3-1-2-9-20-14)13-4-6-15(7-5-13)27(23,24)16-8-10-25-12-16/h1-7,9,16H,8,10-12H2,(H2,19,22)/p+1/b21-17+/t16-/m0/s1. The second-order valence-electron chi connectivity index (χ2n) is 6.01. The van der Waals surface area contributed by atoms with Crippen molar-refractivity contribution < 1.29 is 27.9 Å². The monoisotopic (exact) mass is 390 g/mol. The van der Waals surface area contributed by atoms with Crippen LogP contribution in [0.3, 0.4) is 0 Å². The smallest absolute Gasteiger partial charge is 0.319 e. The average Bonchev–Trinajstić information content (AvgIpc) is 3.22. The van der Waals surface area contributed by atoms with Gasteiger partial charge in [-0.25, -0.2) is 8.42 Å². The highest BCUT2D eigenvalue weighted by atomic mass is 32.2. The summed E-state index contributed by atoms with van der Waals surface area (Å²) >= 11 is 0. The summed E-state index contributed by atoms with van der Waals surface area (Å²) in [5.41, 5.74) is 6.53. The van der Waals surface area contributed by atoms with Gasteiger partial charge < -0.3 is 10.5 Å². The molecule has 0 unspecified atom stereocenters. The molecule has 1 aliphatic heterocycles. The van der Waals surface area contributed by atoms with Crippen LogP contribution >= 0.6 is 0 Å². The van der Waals surface area contributed by atoms with Gasteiger partial charge in [-0.15, -0.1) is 0 Å². The molecule has 2 aromatic rings. The number of rotatable bonds is 7. The van der Waals surface area contributed by atoms with Crippen molar-refractivity contribution in [3.63, 3.8) is 0 Å². The highest BCUT2D eigenvalue weighted by molar-refractivity contribution is 7.92. The summed E-state index contributed by atoms with van der Waals surface area (Å²) < 4.78 is 30.3. The maximum absolute atomic E-state index is 12.6. The molecule has 3 N–H and O–H groups in total. The van der Waals surface area contributed by atoms with Crippen LogP contribution in [0.2, 0.25) is 0 Å². The Hall–Kier alpha value is -2.78. The first kappa shape index (κ1) is 19.0. The highest BCUT2D eigenvalue weighted by Gasteiger charge is 2.31. The van der Waals surface area contributed by atoms with E-state index in [4.69, 9.17) is 15.3 Å². The van der Waals surface area contributed by atoms with Gasteiger partial charge in [-0.1, -0.05) is 6.07 Å². The summed E-state index contributed by atoms with van der Waals surface area (Å²) in [5, 5.41) is 1.99. The number of ether oxygens (including phenoxy) is 1. The number of amides is 1. The van der Waals surface area contributed by atoms with Gasteiger partial charge in [-0.05, 0) is 48.0 Å². The van der Waals surface area contributed by atoms with Crippen molar-refractivity contribution in [1.82, 2.24) is 4.98 Å². The number of hydrogen-bond donors (Lipinski definition) is 2. The minimum Gasteiger partial charge on any atom is -0.380 e. The minimum absolute atomic E-state index is 0.0269. The van der Waals surface area contributed by atoms with E-state index in [2.05, 4.69) is 10.1 Å². The number of hydrogen-bond acceptors (Lipinski definition) is 6. The van der Waals surface area contributed by atoms with Crippen molar-refractivity contribution in [3.8, 4) is 0 Å². The van der Waals surface area contributed by atoms with E-state index in [1.165, 1.54) is 24.3 Å². The van der Waals surface area contributed by atoms with E-state index < -0.39 is 21.0 Å². The predicted octanol–water partition coefficient (Wildman–Crippen LogP) is -0.869. The van der Waals surface area contributed by atoms with Crippen LogP contribution in [-0.4, -0.2) is 43.5 Å². The molecule has 1 atom stereocenters. The molecular formula is C18H20N3O5S+. The fourth-order valence-electron chi connectivity index (χ4n) is 2.68. The molecule has 0 aliphatic carbocycles. The third kappa shape index (κ3) is 4.50. The molecular weight excluding hydrogens is 370 g/mol. The molecule has 0 radical (unpaired) electrons. The van der Waals surface area contributed by atoms with Crippen LogP contribution in [0.25, 0.3) is 0 Å². The second-order valence-corrected chi connectivity index (χ2v) is 8.23. The minimum atomic E-state index is -3.46. The summed E-state index contributed by atoms with van der Waals surface area (Å²) in [6, 6.07) is 11.3. The fraction of sp³-hybridized carbons (Fsp3) is 0.278. The fourth-order valence-corrected chi connectivity index (χ4v) is 4.26. The van der Waals surface area contributed by atoms with Gasteiger partial charge in [0.05, 0.1) is 28.0 Å². The number of sulfone groups is 1. The van der Waals surface area contributed by atoms with Crippen LogP contribution in [0.15, 0.2) is 53.6 Å². The van der Waals surface area contributed by atoms with Gasteiger partial charge in [0.15, 0.2) is 9.84 Å². The highest BCUT2D eigenvalue weighted by Crippen LogP contribution is 2.22. The molecule has 1 fully saturated rings. The molecule has 2 heterocycles. The lowest BCUT2D eigenvalue weighted by Gasteiger charge is -2.09. The van der Waals surface area contributed by atoms with Gasteiger partial charge in [0.2, 0.25) is 6.61 Å². The molecule has 1 amide bonds. The zero-order valence-corrected chi connectivity index (χ0v) is 15.3. The number of nitrogens with zero attached hydrogens (tertiary/aromatic N) is 1. The van der Waals surface area contributed by atoms with Crippen molar-refractivity contribution >= 4 is 21.5 Å². The molecule has 0 spiro atoms. The maximum atomic E-state index is 12.6. The molecule has 27 heavy (non-hydrogen) atoms. The molecule has 1 aromatic carbocycles. The lowest BCUT2D eigenvalue weighted by Crippen LogP contribution is -2.74. The average molecular weight is 390 g/mol. The molecule has 0 saturated carbocycles. The van der Waals surface area contributed by atoms with E-state index in [1.807, 2.05) is 6.07 Å². The van der Waals surface area contributed by atoms with Crippen LogP contribution in [0.4, 0.5) is 0 Å². The molecule has 8 nitrogen and oxygen atoms in total. The third-order valence-corrected chi connectivity index (χ3v) is 6.34.